The Morgan fingerprint density at radius 2 is 2.03 bits per heavy atom. The van der Waals surface area contributed by atoms with Gasteiger partial charge in [-0.05, 0) is 12.1 Å². The Labute approximate surface area is 175 Å². The first kappa shape index (κ1) is 18.4. The monoisotopic (exact) mass is 421 g/mol. The number of phenolic OH excluding ortho intramolecular Hbond substituents is 1. The van der Waals surface area contributed by atoms with Crippen LogP contribution in [0.25, 0.3) is 22.2 Å². The van der Waals surface area contributed by atoms with E-state index in [1.165, 1.54) is 7.11 Å². The molecule has 1 atom stereocenters. The molecule has 9 heteroatoms. The fourth-order valence-electron chi connectivity index (χ4n) is 4.02. The van der Waals surface area contributed by atoms with E-state index >= 15 is 0 Å². The number of phenols is 1. The highest BCUT2D eigenvalue weighted by molar-refractivity contribution is 6.33. The zero-order chi connectivity index (χ0) is 20.8. The number of nitrogens with one attached hydrogen (secondary N) is 2. The minimum atomic E-state index is -0.397. The summed E-state index contributed by atoms with van der Waals surface area (Å²) in [7, 11) is 1.47. The molecule has 0 aliphatic carbocycles. The molecule has 1 unspecified atom stereocenters. The van der Waals surface area contributed by atoms with Crippen molar-refractivity contribution in [3.05, 3.63) is 69.3 Å². The predicted octanol–water partition coefficient (Wildman–Crippen LogP) is 4.77. The van der Waals surface area contributed by atoms with E-state index in [0.717, 1.165) is 27.8 Å². The maximum absolute atomic E-state index is 11.0. The van der Waals surface area contributed by atoms with E-state index in [9.17, 15) is 10.0 Å². The third-order valence-corrected chi connectivity index (χ3v) is 5.76. The summed E-state index contributed by atoms with van der Waals surface area (Å²) in [4.78, 5) is 14.2. The molecule has 0 radical (unpaired) electrons. The van der Waals surface area contributed by atoms with Gasteiger partial charge in [0.1, 0.15) is 6.54 Å². The van der Waals surface area contributed by atoms with Crippen molar-refractivity contribution >= 4 is 28.3 Å². The summed E-state index contributed by atoms with van der Waals surface area (Å²) < 4.78 is 5.17. The minimum Gasteiger partial charge on any atom is -0.503 e. The number of rotatable bonds is 4. The number of H-pyrrole nitrogens is 1. The van der Waals surface area contributed by atoms with Crippen LogP contribution >= 0.6 is 11.6 Å². The number of anilines is 1. The van der Waals surface area contributed by atoms with Gasteiger partial charge in [-0.1, -0.05) is 41.0 Å². The molecule has 0 spiro atoms. The van der Waals surface area contributed by atoms with E-state index in [-0.39, 0.29) is 17.3 Å². The van der Waals surface area contributed by atoms with Crippen LogP contribution < -0.4 is 10.1 Å². The van der Waals surface area contributed by atoms with Gasteiger partial charge in [0.15, 0.2) is 17.1 Å². The van der Waals surface area contributed by atoms with Crippen LogP contribution in [-0.2, 0) is 6.54 Å². The number of para-hydroxylation sites is 1. The number of aromatic amines is 1. The first-order valence-corrected chi connectivity index (χ1v) is 9.58. The van der Waals surface area contributed by atoms with Gasteiger partial charge in [0, 0.05) is 39.5 Å². The first-order chi connectivity index (χ1) is 14.6. The highest BCUT2D eigenvalue weighted by atomic mass is 35.5. The van der Waals surface area contributed by atoms with Crippen LogP contribution in [0.5, 0.6) is 11.5 Å². The third-order valence-electron chi connectivity index (χ3n) is 5.36. The summed E-state index contributed by atoms with van der Waals surface area (Å²) in [5, 5.41) is 26.5. The van der Waals surface area contributed by atoms with Gasteiger partial charge >= 0.3 is 0 Å². The summed E-state index contributed by atoms with van der Waals surface area (Å²) in [5.41, 5.74) is 5.15. The van der Waals surface area contributed by atoms with Gasteiger partial charge in [-0.2, -0.15) is 10.0 Å². The molecular formula is C21H16ClN5O3. The third kappa shape index (κ3) is 2.61. The Morgan fingerprint density at radius 1 is 1.20 bits per heavy atom. The number of aromatic hydroxyl groups is 1. The number of fused-ring (bicyclic) bond motifs is 2. The fourth-order valence-corrected chi connectivity index (χ4v) is 4.28. The van der Waals surface area contributed by atoms with Crippen molar-refractivity contribution in [2.45, 2.75) is 12.6 Å². The van der Waals surface area contributed by atoms with E-state index in [1.54, 1.807) is 6.07 Å². The molecule has 0 amide bonds. The van der Waals surface area contributed by atoms with Crippen LogP contribution in [0.1, 0.15) is 22.9 Å². The smallest absolute Gasteiger partial charge is 0.177 e. The average Bonchev–Trinajstić information content (AvgIpc) is 3.12. The van der Waals surface area contributed by atoms with Crippen LogP contribution in [0.15, 0.2) is 47.8 Å². The number of hydrogen-bond acceptors (Lipinski definition) is 7. The molecule has 3 heterocycles. The summed E-state index contributed by atoms with van der Waals surface area (Å²) >= 11 is 6.54. The topological polar surface area (TPSA) is 112 Å². The molecule has 1 aliphatic heterocycles. The molecule has 2 aromatic carbocycles. The first-order valence-electron chi connectivity index (χ1n) is 9.21. The highest BCUT2D eigenvalue weighted by Gasteiger charge is 2.30. The molecule has 5 rings (SSSR count). The molecule has 0 saturated heterocycles. The number of benzene rings is 2. The van der Waals surface area contributed by atoms with Gasteiger partial charge in [0.25, 0.3) is 0 Å². The molecule has 0 fully saturated rings. The van der Waals surface area contributed by atoms with E-state index < -0.39 is 6.04 Å². The van der Waals surface area contributed by atoms with Crippen LogP contribution in [0.2, 0.25) is 5.02 Å². The summed E-state index contributed by atoms with van der Waals surface area (Å²) in [6.07, 6.45) is 1.84. The van der Waals surface area contributed by atoms with Gasteiger partial charge in [-0.15, -0.1) is 5.10 Å². The van der Waals surface area contributed by atoms with Crippen molar-refractivity contribution in [3.63, 3.8) is 0 Å². The maximum atomic E-state index is 11.0. The van der Waals surface area contributed by atoms with E-state index in [2.05, 4.69) is 25.7 Å². The van der Waals surface area contributed by atoms with Crippen LogP contribution in [0.4, 0.5) is 5.69 Å². The summed E-state index contributed by atoms with van der Waals surface area (Å²) in [5.74, 6) is 0.171. The molecule has 2 aromatic heterocycles. The number of methoxy groups -OCH3 is 1. The Hall–Kier alpha value is -3.65. The summed E-state index contributed by atoms with van der Waals surface area (Å²) in [6.45, 7) is -0.0913. The molecule has 1 aliphatic rings. The maximum Gasteiger partial charge on any atom is 0.177 e. The summed E-state index contributed by atoms with van der Waals surface area (Å²) in [6, 6.07) is 10.8. The van der Waals surface area contributed by atoms with Crippen LogP contribution in [0.3, 0.4) is 0 Å². The number of aromatic nitrogens is 3. The molecule has 3 N–H and O–H groups in total. The van der Waals surface area contributed by atoms with Crippen molar-refractivity contribution in [3.8, 4) is 22.6 Å². The molecular weight excluding hydrogens is 406 g/mol. The molecule has 150 valence electrons. The number of halogens is 1. The van der Waals surface area contributed by atoms with Crippen molar-refractivity contribution in [2.24, 2.45) is 5.18 Å². The van der Waals surface area contributed by atoms with Crippen molar-refractivity contribution in [2.75, 3.05) is 12.4 Å². The van der Waals surface area contributed by atoms with Crippen LogP contribution in [-0.4, -0.2) is 27.4 Å². The lowest BCUT2D eigenvalue weighted by atomic mass is 9.95. The highest BCUT2D eigenvalue weighted by Crippen LogP contribution is 2.47. The molecule has 0 bridgehead atoms. The quantitative estimate of drug-likeness (QED) is 0.409. The lowest BCUT2D eigenvalue weighted by Gasteiger charge is -2.21. The van der Waals surface area contributed by atoms with Gasteiger partial charge in [0.2, 0.25) is 0 Å². The molecule has 0 saturated carbocycles. The average molecular weight is 422 g/mol. The number of nitroso groups, excluding NO2 is 1. The minimum absolute atomic E-state index is 0.0913. The van der Waals surface area contributed by atoms with Crippen molar-refractivity contribution < 1.29 is 9.84 Å². The largest absolute Gasteiger partial charge is 0.503 e. The van der Waals surface area contributed by atoms with E-state index in [4.69, 9.17) is 16.3 Å². The van der Waals surface area contributed by atoms with E-state index in [1.807, 2.05) is 36.5 Å². The standard InChI is InChI=1S/C21H16ClN5O3/c1-30-15-7-6-11(18(22)20(15)28)19-12-8-23-21-17(12)16(14(9-24-29)26-27-21)10-4-2-3-5-13(10)25-19/h2-8,19,25,28H,9H2,1H3,(H,23,27). The Balaban J connectivity index is 1.84. The Bertz CT molecular complexity index is 1300. The van der Waals surface area contributed by atoms with E-state index in [0.29, 0.717) is 22.7 Å². The second-order valence-electron chi connectivity index (χ2n) is 6.92. The Morgan fingerprint density at radius 3 is 2.83 bits per heavy atom. The molecule has 8 nitrogen and oxygen atoms in total. The lowest BCUT2D eigenvalue weighted by Crippen LogP contribution is -2.12. The molecule has 4 aromatic rings. The van der Waals surface area contributed by atoms with Crippen LogP contribution in [0, 0.1) is 4.91 Å². The van der Waals surface area contributed by atoms with Crippen molar-refractivity contribution in [1.29, 1.82) is 0 Å². The zero-order valence-corrected chi connectivity index (χ0v) is 16.6. The lowest BCUT2D eigenvalue weighted by molar-refractivity contribution is 0.373. The number of hydrogen-bond donors (Lipinski definition) is 3. The predicted molar refractivity (Wildman–Crippen MR) is 114 cm³/mol. The number of nitrogens with zero attached hydrogens (tertiary/aromatic N) is 3. The number of ether oxygens (including phenoxy) is 1. The van der Waals surface area contributed by atoms with Crippen molar-refractivity contribution in [1.82, 2.24) is 15.2 Å². The zero-order valence-electron chi connectivity index (χ0n) is 15.8. The second-order valence-corrected chi connectivity index (χ2v) is 7.30. The molecule has 30 heavy (non-hydrogen) atoms. The van der Waals surface area contributed by atoms with Gasteiger partial charge < -0.3 is 20.1 Å². The Kier molecular flexibility index (Phi) is 4.29. The SMILES string of the molecule is COc1ccc(C2Nc3ccccc3-c3c(CN=O)nnc4[nH]cc2c34)c(Cl)c1O. The normalized spacial score (nSPS) is 14.7. The van der Waals surface area contributed by atoms with Gasteiger partial charge in [0.05, 0.1) is 23.9 Å². The van der Waals surface area contributed by atoms with Gasteiger partial charge in [-0.25, -0.2) is 0 Å². The fraction of sp³-hybridized carbons (Fsp3) is 0.143. The van der Waals surface area contributed by atoms with Gasteiger partial charge in [-0.3, -0.25) is 0 Å². The second kappa shape index (κ2) is 7.00.